The lowest BCUT2D eigenvalue weighted by atomic mass is 10.3. The summed E-state index contributed by atoms with van der Waals surface area (Å²) in [5, 5.41) is 3.46. The summed E-state index contributed by atoms with van der Waals surface area (Å²) in [6.07, 6.45) is 1.39. The van der Waals surface area contributed by atoms with Crippen molar-refractivity contribution in [3.05, 3.63) is 28.7 Å². The molecule has 1 fully saturated rings. The topological polar surface area (TPSA) is 12.0 Å². The molecule has 1 N–H and O–H groups in total. The van der Waals surface area contributed by atoms with E-state index in [1.165, 1.54) is 12.1 Å². The summed E-state index contributed by atoms with van der Waals surface area (Å²) >= 11 is 3.52. The highest BCUT2D eigenvalue weighted by molar-refractivity contribution is 9.10. The number of anilines is 1. The van der Waals surface area contributed by atoms with Crippen molar-refractivity contribution in [3.63, 3.8) is 0 Å². The van der Waals surface area contributed by atoms with Crippen LogP contribution in [-0.4, -0.2) is 6.54 Å². The van der Waals surface area contributed by atoms with Gasteiger partial charge in [0.05, 0.1) is 0 Å². The SMILES string of the molecule is CC1CC1CNc1ccccc1Br. The van der Waals surface area contributed by atoms with Crippen molar-refractivity contribution in [2.45, 2.75) is 13.3 Å². The fourth-order valence-corrected chi connectivity index (χ4v) is 1.95. The second-order valence-electron chi connectivity index (χ2n) is 3.83. The quantitative estimate of drug-likeness (QED) is 0.852. The largest absolute Gasteiger partial charge is 0.384 e. The van der Waals surface area contributed by atoms with Gasteiger partial charge in [-0.25, -0.2) is 0 Å². The number of rotatable bonds is 3. The van der Waals surface area contributed by atoms with E-state index >= 15 is 0 Å². The van der Waals surface area contributed by atoms with Crippen LogP contribution in [0.4, 0.5) is 5.69 Å². The fourth-order valence-electron chi connectivity index (χ4n) is 1.53. The summed E-state index contributed by atoms with van der Waals surface area (Å²) in [4.78, 5) is 0. The van der Waals surface area contributed by atoms with Crippen LogP contribution in [0.3, 0.4) is 0 Å². The van der Waals surface area contributed by atoms with Crippen molar-refractivity contribution < 1.29 is 0 Å². The number of hydrogen-bond acceptors (Lipinski definition) is 1. The molecule has 0 aliphatic heterocycles. The zero-order valence-electron chi connectivity index (χ0n) is 7.76. The molecule has 0 spiro atoms. The second kappa shape index (κ2) is 3.70. The molecule has 0 bridgehead atoms. The second-order valence-corrected chi connectivity index (χ2v) is 4.69. The van der Waals surface area contributed by atoms with Crippen molar-refractivity contribution in [1.29, 1.82) is 0 Å². The van der Waals surface area contributed by atoms with Crippen molar-refractivity contribution in [2.75, 3.05) is 11.9 Å². The molecule has 1 aromatic rings. The Kier molecular flexibility index (Phi) is 2.58. The highest BCUT2D eigenvalue weighted by atomic mass is 79.9. The average Bonchev–Trinajstić information content (AvgIpc) is 2.81. The van der Waals surface area contributed by atoms with Crippen LogP contribution in [0.5, 0.6) is 0 Å². The lowest BCUT2D eigenvalue weighted by Crippen LogP contribution is -2.04. The third-order valence-corrected chi connectivity index (χ3v) is 3.40. The Hall–Kier alpha value is -0.500. The molecule has 2 unspecified atom stereocenters. The lowest BCUT2D eigenvalue weighted by Gasteiger charge is -2.06. The summed E-state index contributed by atoms with van der Waals surface area (Å²) in [7, 11) is 0. The van der Waals surface area contributed by atoms with Crippen LogP contribution in [0.1, 0.15) is 13.3 Å². The summed E-state index contributed by atoms with van der Waals surface area (Å²) in [6, 6.07) is 8.27. The van der Waals surface area contributed by atoms with Crippen LogP contribution in [0.2, 0.25) is 0 Å². The molecule has 1 saturated carbocycles. The number of nitrogens with one attached hydrogen (secondary N) is 1. The highest BCUT2D eigenvalue weighted by Gasteiger charge is 2.31. The van der Waals surface area contributed by atoms with E-state index in [-0.39, 0.29) is 0 Å². The van der Waals surface area contributed by atoms with Gasteiger partial charge in [0.1, 0.15) is 0 Å². The van der Waals surface area contributed by atoms with E-state index in [0.29, 0.717) is 0 Å². The van der Waals surface area contributed by atoms with E-state index in [0.717, 1.165) is 22.9 Å². The van der Waals surface area contributed by atoms with Crippen molar-refractivity contribution in [2.24, 2.45) is 11.8 Å². The number of benzene rings is 1. The molecule has 70 valence electrons. The Morgan fingerprint density at radius 3 is 2.77 bits per heavy atom. The van der Waals surface area contributed by atoms with E-state index in [9.17, 15) is 0 Å². The maximum Gasteiger partial charge on any atom is 0.0484 e. The van der Waals surface area contributed by atoms with Crippen molar-refractivity contribution in [1.82, 2.24) is 0 Å². The molecule has 13 heavy (non-hydrogen) atoms. The molecule has 2 heteroatoms. The van der Waals surface area contributed by atoms with Gasteiger partial charge in [0.25, 0.3) is 0 Å². The fraction of sp³-hybridized carbons (Fsp3) is 0.455. The number of hydrogen-bond donors (Lipinski definition) is 1. The van der Waals surface area contributed by atoms with Crippen LogP contribution in [-0.2, 0) is 0 Å². The smallest absolute Gasteiger partial charge is 0.0484 e. The number of halogens is 1. The Morgan fingerprint density at radius 2 is 2.15 bits per heavy atom. The minimum Gasteiger partial charge on any atom is -0.384 e. The Bertz CT molecular complexity index is 298. The van der Waals surface area contributed by atoms with Crippen LogP contribution in [0, 0.1) is 11.8 Å². The Morgan fingerprint density at radius 1 is 1.46 bits per heavy atom. The molecule has 0 saturated heterocycles. The van der Waals surface area contributed by atoms with E-state index in [2.05, 4.69) is 46.4 Å². The summed E-state index contributed by atoms with van der Waals surface area (Å²) in [5.41, 5.74) is 1.21. The average molecular weight is 240 g/mol. The molecule has 2 atom stereocenters. The maximum absolute atomic E-state index is 3.52. The normalized spacial score (nSPS) is 25.7. The molecule has 2 rings (SSSR count). The minimum atomic E-state index is 0.895. The zero-order valence-corrected chi connectivity index (χ0v) is 9.34. The van der Waals surface area contributed by atoms with Crippen molar-refractivity contribution in [3.8, 4) is 0 Å². The summed E-state index contributed by atoms with van der Waals surface area (Å²) in [6.45, 7) is 3.43. The van der Waals surface area contributed by atoms with E-state index in [1.54, 1.807) is 0 Å². The molecule has 0 amide bonds. The van der Waals surface area contributed by atoms with Gasteiger partial charge in [0, 0.05) is 16.7 Å². The van der Waals surface area contributed by atoms with Gasteiger partial charge in [-0.3, -0.25) is 0 Å². The molecular weight excluding hydrogens is 226 g/mol. The first-order chi connectivity index (χ1) is 6.27. The van der Waals surface area contributed by atoms with Gasteiger partial charge in [-0.15, -0.1) is 0 Å². The molecule has 1 aliphatic carbocycles. The van der Waals surface area contributed by atoms with E-state index in [4.69, 9.17) is 0 Å². The van der Waals surface area contributed by atoms with Crippen LogP contribution in [0.15, 0.2) is 28.7 Å². The first-order valence-corrected chi connectivity index (χ1v) is 5.55. The standard InChI is InChI=1S/C11H14BrN/c1-8-6-9(8)7-13-11-5-3-2-4-10(11)12/h2-5,8-9,13H,6-7H2,1H3. The van der Waals surface area contributed by atoms with Crippen LogP contribution in [0.25, 0.3) is 0 Å². The molecule has 0 radical (unpaired) electrons. The molecule has 1 aliphatic rings. The van der Waals surface area contributed by atoms with E-state index in [1.807, 2.05) is 6.07 Å². The van der Waals surface area contributed by atoms with Crippen LogP contribution < -0.4 is 5.32 Å². The molecule has 1 nitrogen and oxygen atoms in total. The Balaban J connectivity index is 1.90. The van der Waals surface area contributed by atoms with Crippen LogP contribution >= 0.6 is 15.9 Å². The Labute approximate surface area is 87.7 Å². The van der Waals surface area contributed by atoms with Gasteiger partial charge in [0.2, 0.25) is 0 Å². The number of para-hydroxylation sites is 1. The summed E-state index contributed by atoms with van der Waals surface area (Å²) in [5.74, 6) is 1.82. The van der Waals surface area contributed by atoms with E-state index < -0.39 is 0 Å². The van der Waals surface area contributed by atoms with Crippen molar-refractivity contribution >= 4 is 21.6 Å². The molecule has 1 aromatic carbocycles. The summed E-state index contributed by atoms with van der Waals surface area (Å²) < 4.78 is 1.16. The first kappa shape index (κ1) is 9.07. The van der Waals surface area contributed by atoms with Gasteiger partial charge in [-0.05, 0) is 46.3 Å². The molecule has 0 heterocycles. The van der Waals surface area contributed by atoms with Gasteiger partial charge >= 0.3 is 0 Å². The predicted molar refractivity (Wildman–Crippen MR) is 59.9 cm³/mol. The van der Waals surface area contributed by atoms with Gasteiger partial charge in [-0.1, -0.05) is 19.1 Å². The van der Waals surface area contributed by atoms with Gasteiger partial charge in [0.15, 0.2) is 0 Å². The highest BCUT2D eigenvalue weighted by Crippen LogP contribution is 2.37. The maximum atomic E-state index is 3.52. The van der Waals surface area contributed by atoms with Gasteiger partial charge < -0.3 is 5.32 Å². The third kappa shape index (κ3) is 2.25. The zero-order chi connectivity index (χ0) is 9.26. The molecule has 0 aromatic heterocycles. The predicted octanol–water partition coefficient (Wildman–Crippen LogP) is 3.52. The third-order valence-electron chi connectivity index (χ3n) is 2.70. The first-order valence-electron chi connectivity index (χ1n) is 4.76. The monoisotopic (exact) mass is 239 g/mol. The minimum absolute atomic E-state index is 0.895. The lowest BCUT2D eigenvalue weighted by molar-refractivity contribution is 0.787. The van der Waals surface area contributed by atoms with Gasteiger partial charge in [-0.2, -0.15) is 0 Å². The molecular formula is C11H14BrN.